The lowest BCUT2D eigenvalue weighted by molar-refractivity contribution is 0.196. The Morgan fingerprint density at radius 3 is 2.65 bits per heavy atom. The Labute approximate surface area is 106 Å². The molecule has 0 aliphatic rings. The number of hydrogen-bond acceptors (Lipinski definition) is 6. The molecule has 0 aromatic carbocycles. The second kappa shape index (κ2) is 6.93. The Balaban J connectivity index is 2.48. The quantitative estimate of drug-likeness (QED) is 0.696. The summed E-state index contributed by atoms with van der Waals surface area (Å²) >= 11 is 1.49. The summed E-state index contributed by atoms with van der Waals surface area (Å²) in [5.41, 5.74) is 0. The molecule has 1 heterocycles. The van der Waals surface area contributed by atoms with E-state index in [9.17, 15) is 5.11 Å². The highest BCUT2D eigenvalue weighted by Crippen LogP contribution is 2.22. The van der Waals surface area contributed by atoms with E-state index in [4.69, 9.17) is 0 Å². The molecule has 2 atom stereocenters. The van der Waals surface area contributed by atoms with Gasteiger partial charge in [0.1, 0.15) is 0 Å². The lowest BCUT2D eigenvalue weighted by Crippen LogP contribution is -2.27. The average Bonchev–Trinajstić information content (AvgIpc) is 2.65. The summed E-state index contributed by atoms with van der Waals surface area (Å²) in [7, 11) is 0. The lowest BCUT2D eigenvalue weighted by atomic mass is 10.3. The van der Waals surface area contributed by atoms with Crippen molar-refractivity contribution >= 4 is 11.8 Å². The number of tetrazole rings is 1. The smallest absolute Gasteiger partial charge is 0.209 e. The summed E-state index contributed by atoms with van der Waals surface area (Å²) in [4.78, 5) is 0. The van der Waals surface area contributed by atoms with Crippen molar-refractivity contribution in [3.63, 3.8) is 0 Å². The van der Waals surface area contributed by atoms with Crippen LogP contribution in [-0.4, -0.2) is 49.3 Å². The zero-order valence-corrected chi connectivity index (χ0v) is 11.6. The van der Waals surface area contributed by atoms with Crippen LogP contribution in [0.25, 0.3) is 0 Å². The molecule has 0 radical (unpaired) electrons. The number of hydrogen-bond donors (Lipinski definition) is 2. The molecule has 0 amide bonds. The molecular formula is C10H21N5OS. The van der Waals surface area contributed by atoms with Crippen molar-refractivity contribution in [2.45, 2.75) is 56.8 Å². The highest BCUT2D eigenvalue weighted by Gasteiger charge is 2.15. The summed E-state index contributed by atoms with van der Waals surface area (Å²) in [5, 5.41) is 25.2. The average molecular weight is 259 g/mol. The second-order valence-electron chi connectivity index (χ2n) is 4.36. The molecule has 2 unspecified atom stereocenters. The van der Waals surface area contributed by atoms with Gasteiger partial charge in [0.15, 0.2) is 0 Å². The topological polar surface area (TPSA) is 75.9 Å². The number of nitrogens with zero attached hydrogens (tertiary/aromatic N) is 4. The number of rotatable bonds is 7. The molecule has 0 fully saturated rings. The highest BCUT2D eigenvalue weighted by atomic mass is 32.2. The monoisotopic (exact) mass is 259 g/mol. The maximum atomic E-state index is 9.45. The van der Waals surface area contributed by atoms with Gasteiger partial charge in [-0.05, 0) is 17.4 Å². The van der Waals surface area contributed by atoms with E-state index < -0.39 is 0 Å². The van der Waals surface area contributed by atoms with Gasteiger partial charge in [-0.15, -0.1) is 5.10 Å². The van der Waals surface area contributed by atoms with E-state index in [-0.39, 0.29) is 11.4 Å². The second-order valence-corrected chi connectivity index (χ2v) is 5.70. The van der Waals surface area contributed by atoms with Gasteiger partial charge in [0.05, 0.1) is 12.6 Å². The molecule has 0 aliphatic carbocycles. The highest BCUT2D eigenvalue weighted by molar-refractivity contribution is 7.99. The standard InChI is InChI=1S/C10H21N5OS/c1-7(2)11-5-6-15-10(12-13-14-15)17-9(4)8(3)16/h7-9,11,16H,5-6H2,1-4H3. The van der Waals surface area contributed by atoms with Gasteiger partial charge in [-0.3, -0.25) is 0 Å². The summed E-state index contributed by atoms with van der Waals surface area (Å²) in [6.45, 7) is 9.50. The van der Waals surface area contributed by atoms with Gasteiger partial charge in [-0.2, -0.15) is 0 Å². The molecule has 98 valence electrons. The van der Waals surface area contributed by atoms with Crippen molar-refractivity contribution in [3.05, 3.63) is 0 Å². The summed E-state index contributed by atoms with van der Waals surface area (Å²) in [5.74, 6) is 0. The van der Waals surface area contributed by atoms with Crippen LogP contribution in [0.4, 0.5) is 0 Å². The van der Waals surface area contributed by atoms with Crippen LogP contribution in [0, 0.1) is 0 Å². The van der Waals surface area contributed by atoms with Crippen LogP contribution in [0.1, 0.15) is 27.7 Å². The molecule has 1 rings (SSSR count). The Bertz CT molecular complexity index is 328. The number of aromatic nitrogens is 4. The maximum Gasteiger partial charge on any atom is 0.209 e. The number of nitrogens with one attached hydrogen (secondary N) is 1. The van der Waals surface area contributed by atoms with Crippen LogP contribution in [0.5, 0.6) is 0 Å². The van der Waals surface area contributed by atoms with Gasteiger partial charge in [0.2, 0.25) is 5.16 Å². The van der Waals surface area contributed by atoms with Crippen molar-refractivity contribution in [1.29, 1.82) is 0 Å². The van der Waals surface area contributed by atoms with E-state index in [0.717, 1.165) is 18.2 Å². The van der Waals surface area contributed by atoms with Crippen LogP contribution >= 0.6 is 11.8 Å². The predicted octanol–water partition coefficient (Wildman–Crippen LogP) is 0.532. The third-order valence-electron chi connectivity index (χ3n) is 2.35. The van der Waals surface area contributed by atoms with Gasteiger partial charge in [0, 0.05) is 17.8 Å². The van der Waals surface area contributed by atoms with E-state index in [2.05, 4.69) is 34.7 Å². The molecule has 0 spiro atoms. The molecule has 0 aliphatic heterocycles. The first-order valence-corrected chi connectivity index (χ1v) is 6.73. The molecule has 7 heteroatoms. The fourth-order valence-corrected chi connectivity index (χ4v) is 2.01. The van der Waals surface area contributed by atoms with Crippen LogP contribution in [-0.2, 0) is 6.54 Å². The summed E-state index contributed by atoms with van der Waals surface area (Å²) in [6.07, 6.45) is -0.376. The first-order chi connectivity index (χ1) is 8.00. The molecule has 0 bridgehead atoms. The normalized spacial score (nSPS) is 15.2. The van der Waals surface area contributed by atoms with Crippen LogP contribution in [0.2, 0.25) is 0 Å². The number of aliphatic hydroxyl groups is 1. The van der Waals surface area contributed by atoms with Gasteiger partial charge in [-0.1, -0.05) is 32.5 Å². The summed E-state index contributed by atoms with van der Waals surface area (Å²) < 4.78 is 1.76. The van der Waals surface area contributed by atoms with E-state index >= 15 is 0 Å². The number of aliphatic hydroxyl groups excluding tert-OH is 1. The van der Waals surface area contributed by atoms with Crippen molar-refractivity contribution in [2.24, 2.45) is 0 Å². The van der Waals surface area contributed by atoms with Crippen LogP contribution < -0.4 is 5.32 Å². The Morgan fingerprint density at radius 1 is 1.35 bits per heavy atom. The third-order valence-corrected chi connectivity index (χ3v) is 3.61. The summed E-state index contributed by atoms with van der Waals surface area (Å²) in [6, 6.07) is 0.457. The minimum absolute atomic E-state index is 0.0813. The Morgan fingerprint density at radius 2 is 2.06 bits per heavy atom. The molecule has 6 nitrogen and oxygen atoms in total. The van der Waals surface area contributed by atoms with Gasteiger partial charge in [-0.25, -0.2) is 4.68 Å². The molecule has 1 aromatic rings. The lowest BCUT2D eigenvalue weighted by Gasteiger charge is -2.13. The third kappa shape index (κ3) is 5.01. The minimum Gasteiger partial charge on any atom is -0.392 e. The maximum absolute atomic E-state index is 9.45. The first-order valence-electron chi connectivity index (χ1n) is 5.85. The van der Waals surface area contributed by atoms with Gasteiger partial charge < -0.3 is 10.4 Å². The van der Waals surface area contributed by atoms with Crippen molar-refractivity contribution in [2.75, 3.05) is 6.54 Å². The Kier molecular flexibility index (Phi) is 5.87. The predicted molar refractivity (Wildman–Crippen MR) is 68.0 cm³/mol. The fourth-order valence-electron chi connectivity index (χ4n) is 1.15. The van der Waals surface area contributed by atoms with Crippen molar-refractivity contribution < 1.29 is 5.11 Å². The largest absolute Gasteiger partial charge is 0.392 e. The molecule has 0 saturated carbocycles. The zero-order chi connectivity index (χ0) is 12.8. The van der Waals surface area contributed by atoms with Crippen molar-refractivity contribution in [3.8, 4) is 0 Å². The van der Waals surface area contributed by atoms with E-state index in [1.807, 2.05) is 6.92 Å². The molecule has 2 N–H and O–H groups in total. The van der Waals surface area contributed by atoms with Crippen LogP contribution in [0.3, 0.4) is 0 Å². The van der Waals surface area contributed by atoms with E-state index in [0.29, 0.717) is 6.04 Å². The molecular weight excluding hydrogens is 238 g/mol. The molecule has 1 aromatic heterocycles. The minimum atomic E-state index is -0.376. The molecule has 17 heavy (non-hydrogen) atoms. The molecule has 0 saturated heterocycles. The number of thioether (sulfide) groups is 1. The van der Waals surface area contributed by atoms with Crippen molar-refractivity contribution in [1.82, 2.24) is 25.5 Å². The van der Waals surface area contributed by atoms with Gasteiger partial charge in [0.25, 0.3) is 0 Å². The first kappa shape index (κ1) is 14.4. The Hall–Kier alpha value is -0.660. The van der Waals surface area contributed by atoms with Crippen LogP contribution in [0.15, 0.2) is 5.16 Å². The zero-order valence-electron chi connectivity index (χ0n) is 10.8. The van der Waals surface area contributed by atoms with E-state index in [1.165, 1.54) is 11.8 Å². The van der Waals surface area contributed by atoms with E-state index in [1.54, 1.807) is 11.6 Å². The fraction of sp³-hybridized carbons (Fsp3) is 0.900. The SMILES string of the molecule is CC(C)NCCn1nnnc1SC(C)C(C)O. The van der Waals surface area contributed by atoms with Gasteiger partial charge >= 0.3 is 0 Å².